The van der Waals surface area contributed by atoms with Crippen LogP contribution in [0.2, 0.25) is 0 Å². The van der Waals surface area contributed by atoms with Crippen LogP contribution in [-0.2, 0) is 6.54 Å². The van der Waals surface area contributed by atoms with Gasteiger partial charge in [-0.05, 0) is 12.1 Å². The first-order valence-corrected chi connectivity index (χ1v) is 9.88. The Balaban J connectivity index is 1.85. The predicted molar refractivity (Wildman–Crippen MR) is 114 cm³/mol. The van der Waals surface area contributed by atoms with Gasteiger partial charge in [-0.25, -0.2) is 15.0 Å². The second-order valence-electron chi connectivity index (χ2n) is 8.53. The molecule has 0 aliphatic rings. The predicted octanol–water partition coefficient (Wildman–Crippen LogP) is 2.80. The van der Waals surface area contributed by atoms with E-state index in [0.717, 1.165) is 16.6 Å². The van der Waals surface area contributed by atoms with Crippen molar-refractivity contribution in [1.82, 2.24) is 24.5 Å². The topological polar surface area (TPSA) is 117 Å². The van der Waals surface area contributed by atoms with Gasteiger partial charge in [0.2, 0.25) is 0 Å². The second-order valence-corrected chi connectivity index (χ2v) is 8.53. The lowest BCUT2D eigenvalue weighted by Gasteiger charge is -2.15. The number of nitrogens with zero attached hydrogens (tertiary/aromatic N) is 4. The van der Waals surface area contributed by atoms with Crippen LogP contribution in [0, 0.1) is 11.3 Å². The molecule has 4 heterocycles. The Kier molecular flexibility index (Phi) is 5.13. The van der Waals surface area contributed by atoms with Crippen LogP contribution >= 0.6 is 0 Å². The molecule has 0 radical (unpaired) electrons. The number of Topliss-reactive ketones (excluding diaryl/α,β-unsaturated/α-hetero) is 1. The van der Waals surface area contributed by atoms with E-state index in [-0.39, 0.29) is 24.9 Å². The number of aliphatic hydroxyl groups excluding tert-OH is 2. The fraction of sp³-hybridized carbons (Fsp3) is 0.364. The zero-order valence-electron chi connectivity index (χ0n) is 17.3. The maximum Gasteiger partial charge on any atom is 0.171 e. The van der Waals surface area contributed by atoms with Crippen LogP contribution in [0.3, 0.4) is 0 Å². The lowest BCUT2D eigenvalue weighted by Crippen LogP contribution is -2.20. The summed E-state index contributed by atoms with van der Waals surface area (Å²) in [5.41, 5.74) is 3.30. The summed E-state index contributed by atoms with van der Waals surface area (Å²) in [5.74, 6) is -0.289. The Labute approximate surface area is 173 Å². The molecule has 0 aliphatic heterocycles. The molecular formula is C22H25N5O3. The summed E-state index contributed by atoms with van der Waals surface area (Å²) < 4.78 is 1.91. The van der Waals surface area contributed by atoms with Crippen molar-refractivity contribution in [2.45, 2.75) is 27.3 Å². The van der Waals surface area contributed by atoms with Gasteiger partial charge in [-0.3, -0.25) is 4.79 Å². The lowest BCUT2D eigenvalue weighted by molar-refractivity contribution is 0.0860. The number of H-pyrrole nitrogens is 1. The van der Waals surface area contributed by atoms with E-state index in [9.17, 15) is 15.0 Å². The SMILES string of the molecule is CC(C)(C)C(=O)c1c[nH]c2ncc(-c3cn(CC(CO)CO)c4ncccc34)nc12. The van der Waals surface area contributed by atoms with Crippen LogP contribution in [-0.4, -0.2) is 53.7 Å². The largest absolute Gasteiger partial charge is 0.396 e. The van der Waals surface area contributed by atoms with Gasteiger partial charge in [0.15, 0.2) is 11.4 Å². The van der Waals surface area contributed by atoms with E-state index in [4.69, 9.17) is 4.98 Å². The highest BCUT2D eigenvalue weighted by atomic mass is 16.3. The van der Waals surface area contributed by atoms with Gasteiger partial charge in [-0.15, -0.1) is 0 Å². The molecular weight excluding hydrogens is 382 g/mol. The molecule has 0 atom stereocenters. The highest BCUT2D eigenvalue weighted by Crippen LogP contribution is 2.31. The van der Waals surface area contributed by atoms with E-state index < -0.39 is 5.41 Å². The van der Waals surface area contributed by atoms with Gasteiger partial charge in [0.1, 0.15) is 11.2 Å². The zero-order chi connectivity index (χ0) is 21.5. The molecule has 0 saturated heterocycles. The fourth-order valence-electron chi connectivity index (χ4n) is 3.52. The molecule has 0 bridgehead atoms. The minimum absolute atomic E-state index is 0.00183. The molecule has 0 saturated carbocycles. The number of rotatable bonds is 6. The Hall–Kier alpha value is -3.10. The first-order valence-electron chi connectivity index (χ1n) is 9.88. The zero-order valence-corrected chi connectivity index (χ0v) is 17.3. The molecule has 0 amide bonds. The normalized spacial score (nSPS) is 12.3. The van der Waals surface area contributed by atoms with Crippen molar-refractivity contribution in [3.63, 3.8) is 0 Å². The van der Waals surface area contributed by atoms with Crippen LogP contribution in [0.15, 0.2) is 36.9 Å². The quantitative estimate of drug-likeness (QED) is 0.423. The van der Waals surface area contributed by atoms with Crippen LogP contribution in [0.1, 0.15) is 31.1 Å². The third-order valence-corrected chi connectivity index (χ3v) is 5.19. The van der Waals surface area contributed by atoms with Gasteiger partial charge in [0.25, 0.3) is 0 Å². The van der Waals surface area contributed by atoms with Crippen molar-refractivity contribution in [3.8, 4) is 11.3 Å². The smallest absolute Gasteiger partial charge is 0.171 e. The molecule has 8 nitrogen and oxygen atoms in total. The number of fused-ring (bicyclic) bond motifs is 2. The molecule has 0 aliphatic carbocycles. The second kappa shape index (κ2) is 7.62. The highest BCUT2D eigenvalue weighted by molar-refractivity contribution is 6.08. The Morgan fingerprint density at radius 2 is 2.00 bits per heavy atom. The molecule has 4 aromatic rings. The lowest BCUT2D eigenvalue weighted by atomic mass is 9.87. The number of nitrogens with one attached hydrogen (secondary N) is 1. The Bertz CT molecular complexity index is 1210. The van der Waals surface area contributed by atoms with Crippen LogP contribution in [0.25, 0.3) is 33.5 Å². The van der Waals surface area contributed by atoms with E-state index in [1.54, 1.807) is 18.6 Å². The summed E-state index contributed by atoms with van der Waals surface area (Å²) >= 11 is 0. The van der Waals surface area contributed by atoms with Crippen molar-refractivity contribution in [2.75, 3.05) is 13.2 Å². The van der Waals surface area contributed by atoms with Gasteiger partial charge in [0, 0.05) is 60.6 Å². The van der Waals surface area contributed by atoms with Crippen molar-refractivity contribution in [1.29, 1.82) is 0 Å². The van der Waals surface area contributed by atoms with Crippen molar-refractivity contribution >= 4 is 28.0 Å². The van der Waals surface area contributed by atoms with Crippen LogP contribution in [0.5, 0.6) is 0 Å². The number of aromatic amines is 1. The highest BCUT2D eigenvalue weighted by Gasteiger charge is 2.27. The summed E-state index contributed by atoms with van der Waals surface area (Å²) in [6.07, 6.45) is 6.95. The Morgan fingerprint density at radius 1 is 1.23 bits per heavy atom. The minimum atomic E-state index is -0.531. The fourth-order valence-corrected chi connectivity index (χ4v) is 3.52. The van der Waals surface area contributed by atoms with Gasteiger partial charge >= 0.3 is 0 Å². The molecule has 0 fully saturated rings. The van der Waals surface area contributed by atoms with Gasteiger partial charge in [-0.1, -0.05) is 20.8 Å². The third-order valence-electron chi connectivity index (χ3n) is 5.19. The summed E-state index contributed by atoms with van der Waals surface area (Å²) in [6.45, 7) is 5.82. The number of hydrogen-bond acceptors (Lipinski definition) is 6. The molecule has 8 heteroatoms. The third kappa shape index (κ3) is 3.48. The van der Waals surface area contributed by atoms with E-state index in [0.29, 0.717) is 29.0 Å². The van der Waals surface area contributed by atoms with Crippen LogP contribution < -0.4 is 0 Å². The molecule has 0 aromatic carbocycles. The first-order chi connectivity index (χ1) is 14.3. The maximum atomic E-state index is 12.8. The molecule has 3 N–H and O–H groups in total. The molecule has 4 rings (SSSR count). The maximum absolute atomic E-state index is 12.8. The summed E-state index contributed by atoms with van der Waals surface area (Å²) in [7, 11) is 0. The van der Waals surface area contributed by atoms with Gasteiger partial charge < -0.3 is 19.8 Å². The first kappa shape index (κ1) is 20.2. The summed E-state index contributed by atoms with van der Waals surface area (Å²) in [4.78, 5) is 29.6. The van der Waals surface area contributed by atoms with Gasteiger partial charge in [-0.2, -0.15) is 0 Å². The number of aromatic nitrogens is 5. The van der Waals surface area contributed by atoms with Crippen LogP contribution in [0.4, 0.5) is 0 Å². The molecule has 0 unspecified atom stereocenters. The number of hydrogen-bond donors (Lipinski definition) is 3. The monoisotopic (exact) mass is 407 g/mol. The van der Waals surface area contributed by atoms with E-state index in [2.05, 4.69) is 15.0 Å². The average molecular weight is 407 g/mol. The minimum Gasteiger partial charge on any atom is -0.396 e. The van der Waals surface area contributed by atoms with E-state index >= 15 is 0 Å². The number of carbonyl (C=O) groups excluding carboxylic acids is 1. The van der Waals surface area contributed by atoms with Gasteiger partial charge in [0.05, 0.1) is 17.5 Å². The molecule has 4 aromatic heterocycles. The van der Waals surface area contributed by atoms with E-state index in [1.165, 1.54) is 0 Å². The number of carbonyl (C=O) groups is 1. The summed E-state index contributed by atoms with van der Waals surface area (Å²) in [5, 5.41) is 19.8. The molecule has 0 spiro atoms. The van der Waals surface area contributed by atoms with Crippen molar-refractivity contribution in [2.24, 2.45) is 11.3 Å². The number of pyridine rings is 1. The average Bonchev–Trinajstić information content (AvgIpc) is 3.32. The van der Waals surface area contributed by atoms with Crippen molar-refractivity contribution in [3.05, 3.63) is 42.5 Å². The number of ketones is 1. The summed E-state index contributed by atoms with van der Waals surface area (Å²) in [6, 6.07) is 3.80. The standard InChI is InChI=1S/C22H25N5O3/c1-22(2,3)19(30)15-7-24-20-18(15)26-17(8-25-20)16-10-27(9-13(11-28)12-29)21-14(16)5-4-6-23-21/h4-8,10,13,28-29H,9,11-12H2,1-3H3,(H,24,25). The Morgan fingerprint density at radius 3 is 2.70 bits per heavy atom. The van der Waals surface area contributed by atoms with Crippen molar-refractivity contribution < 1.29 is 15.0 Å². The number of aliphatic hydroxyl groups is 2. The van der Waals surface area contributed by atoms with E-state index in [1.807, 2.05) is 43.7 Å². The molecule has 156 valence electrons. The molecule has 30 heavy (non-hydrogen) atoms.